The summed E-state index contributed by atoms with van der Waals surface area (Å²) in [6.45, 7) is 2.61. The Balaban J connectivity index is 2.45. The van der Waals surface area contributed by atoms with Gasteiger partial charge in [0.2, 0.25) is 11.8 Å². The van der Waals surface area contributed by atoms with Crippen LogP contribution in [-0.2, 0) is 16.0 Å². The van der Waals surface area contributed by atoms with Crippen LogP contribution in [0, 0.1) is 5.92 Å². The molecule has 0 aromatic heterocycles. The highest BCUT2D eigenvalue weighted by atomic mass is 19.3. The Hall–Kier alpha value is -2.18. The van der Waals surface area contributed by atoms with Crippen LogP contribution in [0.4, 0.5) is 8.78 Å². The number of ether oxygens (including phenoxy) is 1. The molecule has 0 unspecified atom stereocenters. The Morgan fingerprint density at radius 3 is 2.26 bits per heavy atom. The van der Waals surface area contributed by atoms with Crippen LogP contribution in [0.3, 0.4) is 0 Å². The quantitative estimate of drug-likeness (QED) is 0.768. The van der Waals surface area contributed by atoms with Crippen LogP contribution in [0.2, 0.25) is 0 Å². The fourth-order valence-corrected chi connectivity index (χ4v) is 2.03. The molecular weight excluding hydrogens is 306 g/mol. The fourth-order valence-electron chi connectivity index (χ4n) is 2.03. The summed E-state index contributed by atoms with van der Waals surface area (Å²) in [6, 6.07) is 5.67. The van der Waals surface area contributed by atoms with Crippen LogP contribution in [0.25, 0.3) is 0 Å². The highest BCUT2D eigenvalue weighted by molar-refractivity contribution is 5.87. The summed E-state index contributed by atoms with van der Waals surface area (Å²) < 4.78 is 28.4. The van der Waals surface area contributed by atoms with E-state index in [-0.39, 0.29) is 23.5 Å². The van der Waals surface area contributed by atoms with Crippen molar-refractivity contribution in [3.63, 3.8) is 0 Å². The van der Waals surface area contributed by atoms with Crippen molar-refractivity contribution in [2.75, 3.05) is 6.54 Å². The summed E-state index contributed by atoms with van der Waals surface area (Å²) in [6.07, 6.45) is 0.547. The number of hydrogen-bond acceptors (Lipinski definition) is 3. The molecule has 0 aliphatic rings. The van der Waals surface area contributed by atoms with E-state index in [1.807, 2.05) is 13.8 Å². The molecule has 0 saturated carbocycles. The van der Waals surface area contributed by atoms with Crippen LogP contribution >= 0.6 is 0 Å². The van der Waals surface area contributed by atoms with Gasteiger partial charge in [0, 0.05) is 13.5 Å². The molecule has 0 radical (unpaired) electrons. The monoisotopic (exact) mass is 328 g/mol. The maximum absolute atomic E-state index is 12.1. The van der Waals surface area contributed by atoms with E-state index in [1.165, 1.54) is 19.1 Å². The lowest BCUT2D eigenvalue weighted by Crippen LogP contribution is -2.49. The minimum Gasteiger partial charge on any atom is -0.435 e. The fraction of sp³-hybridized carbons (Fsp3) is 0.500. The summed E-state index contributed by atoms with van der Waals surface area (Å²) in [5.74, 6) is -0.427. The van der Waals surface area contributed by atoms with Crippen LogP contribution in [0.1, 0.15) is 26.3 Å². The first-order valence-corrected chi connectivity index (χ1v) is 7.38. The number of alkyl halides is 2. The molecule has 1 rings (SSSR count). The Morgan fingerprint density at radius 1 is 1.17 bits per heavy atom. The van der Waals surface area contributed by atoms with Gasteiger partial charge in [-0.25, -0.2) is 0 Å². The van der Waals surface area contributed by atoms with Gasteiger partial charge in [-0.3, -0.25) is 9.59 Å². The molecule has 1 aromatic rings. The second-order valence-corrected chi connectivity index (χ2v) is 5.49. The zero-order valence-corrected chi connectivity index (χ0v) is 13.4. The molecular formula is C16H22F2N2O3. The van der Waals surface area contributed by atoms with Gasteiger partial charge in [0.25, 0.3) is 0 Å². The van der Waals surface area contributed by atoms with Gasteiger partial charge in [-0.05, 0) is 30.0 Å². The molecule has 2 amide bonds. The average Bonchev–Trinajstić information content (AvgIpc) is 2.45. The standard InChI is InChI=1S/C16H22F2N2O3/c1-10(2)14(20-11(3)21)15(22)19-9-8-12-4-6-13(7-5-12)23-16(17)18/h4-7,10,14,16H,8-9H2,1-3H3,(H,19,22)(H,20,21)/t14-/m0/s1. The zero-order valence-electron chi connectivity index (χ0n) is 13.4. The van der Waals surface area contributed by atoms with Crippen molar-refractivity contribution in [1.29, 1.82) is 0 Å². The van der Waals surface area contributed by atoms with E-state index in [4.69, 9.17) is 0 Å². The molecule has 0 fully saturated rings. The third kappa shape index (κ3) is 7.08. The maximum atomic E-state index is 12.1. The first-order chi connectivity index (χ1) is 10.8. The largest absolute Gasteiger partial charge is 0.435 e. The topological polar surface area (TPSA) is 67.4 Å². The van der Waals surface area contributed by atoms with E-state index >= 15 is 0 Å². The van der Waals surface area contributed by atoms with Crippen molar-refractivity contribution in [2.24, 2.45) is 5.92 Å². The predicted molar refractivity (Wildman–Crippen MR) is 82.2 cm³/mol. The van der Waals surface area contributed by atoms with E-state index in [0.717, 1.165) is 5.56 Å². The van der Waals surface area contributed by atoms with Gasteiger partial charge in [0.05, 0.1) is 0 Å². The SMILES string of the molecule is CC(=O)N[C@H](C(=O)NCCc1ccc(OC(F)F)cc1)C(C)C. The summed E-state index contributed by atoms with van der Waals surface area (Å²) in [4.78, 5) is 23.2. The minimum absolute atomic E-state index is 0.0234. The van der Waals surface area contributed by atoms with Crippen LogP contribution in [-0.4, -0.2) is 31.0 Å². The first-order valence-electron chi connectivity index (χ1n) is 7.38. The molecule has 23 heavy (non-hydrogen) atoms. The molecule has 128 valence electrons. The van der Waals surface area contributed by atoms with Crippen molar-refractivity contribution >= 4 is 11.8 Å². The van der Waals surface area contributed by atoms with E-state index in [2.05, 4.69) is 15.4 Å². The summed E-state index contributed by atoms with van der Waals surface area (Å²) in [7, 11) is 0. The van der Waals surface area contributed by atoms with Gasteiger partial charge in [-0.1, -0.05) is 26.0 Å². The van der Waals surface area contributed by atoms with Gasteiger partial charge in [-0.15, -0.1) is 0 Å². The predicted octanol–water partition coefficient (Wildman–Crippen LogP) is 2.11. The van der Waals surface area contributed by atoms with Gasteiger partial charge in [0.1, 0.15) is 11.8 Å². The number of carbonyl (C=O) groups excluding carboxylic acids is 2. The summed E-state index contributed by atoms with van der Waals surface area (Å²) in [5, 5.41) is 5.37. The Morgan fingerprint density at radius 2 is 1.78 bits per heavy atom. The number of benzene rings is 1. The summed E-state index contributed by atoms with van der Waals surface area (Å²) in [5.41, 5.74) is 0.882. The smallest absolute Gasteiger partial charge is 0.387 e. The number of nitrogens with one attached hydrogen (secondary N) is 2. The molecule has 7 heteroatoms. The molecule has 5 nitrogen and oxygen atoms in total. The molecule has 0 saturated heterocycles. The van der Waals surface area contributed by atoms with Crippen molar-refractivity contribution in [3.8, 4) is 5.75 Å². The normalized spacial score (nSPS) is 12.1. The lowest BCUT2D eigenvalue weighted by atomic mass is 10.0. The van der Waals surface area contributed by atoms with Gasteiger partial charge in [-0.2, -0.15) is 8.78 Å². The van der Waals surface area contributed by atoms with Crippen molar-refractivity contribution in [2.45, 2.75) is 39.8 Å². The van der Waals surface area contributed by atoms with Crippen molar-refractivity contribution in [3.05, 3.63) is 29.8 Å². The summed E-state index contributed by atoms with van der Waals surface area (Å²) >= 11 is 0. The molecule has 0 bridgehead atoms. The van der Waals surface area contributed by atoms with Gasteiger partial charge in [0.15, 0.2) is 0 Å². The number of carbonyl (C=O) groups is 2. The number of amides is 2. The lowest BCUT2D eigenvalue weighted by molar-refractivity contribution is -0.129. The first kappa shape index (κ1) is 18.9. The molecule has 2 N–H and O–H groups in total. The number of hydrogen-bond donors (Lipinski definition) is 2. The maximum Gasteiger partial charge on any atom is 0.387 e. The van der Waals surface area contributed by atoms with E-state index in [1.54, 1.807) is 12.1 Å². The highest BCUT2D eigenvalue weighted by Crippen LogP contribution is 2.15. The zero-order chi connectivity index (χ0) is 17.4. The molecule has 0 aliphatic heterocycles. The Labute approximate surface area is 134 Å². The number of rotatable bonds is 8. The van der Waals surface area contributed by atoms with E-state index in [0.29, 0.717) is 13.0 Å². The van der Waals surface area contributed by atoms with Crippen molar-refractivity contribution in [1.82, 2.24) is 10.6 Å². The Kier molecular flexibility index (Phi) is 7.44. The van der Waals surface area contributed by atoms with Crippen LogP contribution < -0.4 is 15.4 Å². The van der Waals surface area contributed by atoms with Crippen LogP contribution in [0.15, 0.2) is 24.3 Å². The van der Waals surface area contributed by atoms with E-state index in [9.17, 15) is 18.4 Å². The third-order valence-electron chi connectivity index (χ3n) is 3.17. The Bertz CT molecular complexity index is 519. The van der Waals surface area contributed by atoms with Crippen LogP contribution in [0.5, 0.6) is 5.75 Å². The van der Waals surface area contributed by atoms with Gasteiger partial charge >= 0.3 is 6.61 Å². The van der Waals surface area contributed by atoms with Gasteiger partial charge < -0.3 is 15.4 Å². The molecule has 0 spiro atoms. The average molecular weight is 328 g/mol. The second kappa shape index (κ2) is 9.07. The highest BCUT2D eigenvalue weighted by Gasteiger charge is 2.22. The second-order valence-electron chi connectivity index (χ2n) is 5.49. The lowest BCUT2D eigenvalue weighted by Gasteiger charge is -2.20. The minimum atomic E-state index is -2.85. The van der Waals surface area contributed by atoms with E-state index < -0.39 is 12.7 Å². The van der Waals surface area contributed by atoms with Crippen molar-refractivity contribution < 1.29 is 23.1 Å². The molecule has 1 atom stereocenters. The molecule has 1 aromatic carbocycles. The third-order valence-corrected chi connectivity index (χ3v) is 3.17. The number of halogens is 2. The molecule has 0 heterocycles. The molecule has 0 aliphatic carbocycles.